The summed E-state index contributed by atoms with van der Waals surface area (Å²) in [5.74, 6) is -0.0161. The third-order valence-electron chi connectivity index (χ3n) is 5.04. The van der Waals surface area contributed by atoms with E-state index < -0.39 is 0 Å². The van der Waals surface area contributed by atoms with Gasteiger partial charge in [0.2, 0.25) is 5.91 Å². The maximum absolute atomic E-state index is 11.7. The lowest BCUT2D eigenvalue weighted by atomic mass is 9.89. The summed E-state index contributed by atoms with van der Waals surface area (Å²) in [5.41, 5.74) is 2.20. The van der Waals surface area contributed by atoms with Crippen molar-refractivity contribution in [2.45, 2.75) is 38.0 Å². The van der Waals surface area contributed by atoms with Crippen LogP contribution in [0.5, 0.6) is 0 Å². The van der Waals surface area contributed by atoms with Crippen molar-refractivity contribution in [2.75, 3.05) is 0 Å². The zero-order valence-electron chi connectivity index (χ0n) is 15.1. The Labute approximate surface area is 163 Å². The predicted octanol–water partition coefficient (Wildman–Crippen LogP) is 4.99. The molecule has 0 aliphatic carbocycles. The Morgan fingerprint density at radius 3 is 2.67 bits per heavy atom. The lowest BCUT2D eigenvalue weighted by molar-refractivity contribution is -0.122. The van der Waals surface area contributed by atoms with Gasteiger partial charge in [-0.2, -0.15) is 0 Å². The Bertz CT molecular complexity index is 953. The summed E-state index contributed by atoms with van der Waals surface area (Å²) >= 11 is 6.03. The molecule has 0 unspecified atom stereocenters. The van der Waals surface area contributed by atoms with Gasteiger partial charge in [0.1, 0.15) is 0 Å². The Balaban J connectivity index is 1.70. The highest BCUT2D eigenvalue weighted by Gasteiger charge is 2.32. The van der Waals surface area contributed by atoms with Gasteiger partial charge in [-0.25, -0.2) is 0 Å². The number of halogens is 1. The zero-order chi connectivity index (χ0) is 18.8. The Kier molecular flexibility index (Phi) is 5.10. The van der Waals surface area contributed by atoms with E-state index in [-0.39, 0.29) is 24.2 Å². The lowest BCUT2D eigenvalue weighted by Gasteiger charge is -2.36. The quantitative estimate of drug-likeness (QED) is 0.696. The molecule has 27 heavy (non-hydrogen) atoms. The molecule has 4 rings (SSSR count). The van der Waals surface area contributed by atoms with Crippen molar-refractivity contribution < 1.29 is 9.53 Å². The Morgan fingerprint density at radius 2 is 1.89 bits per heavy atom. The number of ether oxygens (including phenoxy) is 1. The maximum atomic E-state index is 11.7. The van der Waals surface area contributed by atoms with Crippen LogP contribution in [-0.4, -0.2) is 16.9 Å². The first-order valence-electron chi connectivity index (χ1n) is 9.11. The molecule has 0 saturated carbocycles. The third kappa shape index (κ3) is 3.97. The summed E-state index contributed by atoms with van der Waals surface area (Å²) in [6, 6.07) is 16.0. The SMILES string of the molecule is CC(=O)N[C@H]1C[C@@H](c2cccc3cnccc23)O[C@@H](c2ccc(Cl)cc2)C1. The van der Waals surface area contributed by atoms with Crippen LogP contribution in [0.2, 0.25) is 5.02 Å². The fraction of sp³-hybridized carbons (Fsp3) is 0.273. The molecule has 138 valence electrons. The van der Waals surface area contributed by atoms with Crippen LogP contribution in [-0.2, 0) is 9.53 Å². The minimum Gasteiger partial charge on any atom is -0.365 e. The third-order valence-corrected chi connectivity index (χ3v) is 5.29. The fourth-order valence-corrected chi connectivity index (χ4v) is 3.97. The zero-order valence-corrected chi connectivity index (χ0v) is 15.8. The average Bonchev–Trinajstić information content (AvgIpc) is 2.67. The molecule has 3 aromatic rings. The van der Waals surface area contributed by atoms with Gasteiger partial charge in [0, 0.05) is 35.8 Å². The number of carbonyl (C=O) groups is 1. The standard InChI is InChI=1S/C22H21ClN2O2/c1-14(26)25-18-11-21(15-5-7-17(23)8-6-15)27-22(12-18)20-4-2-3-16-13-24-10-9-19(16)20/h2-10,13,18,21-22H,11-12H2,1H3,(H,25,26)/t18-,21-,22+/m1/s1. The van der Waals surface area contributed by atoms with Crippen molar-refractivity contribution in [1.29, 1.82) is 0 Å². The van der Waals surface area contributed by atoms with Crippen LogP contribution >= 0.6 is 11.6 Å². The molecule has 1 saturated heterocycles. The molecular formula is C22H21ClN2O2. The van der Waals surface area contributed by atoms with Crippen molar-refractivity contribution in [3.8, 4) is 0 Å². The number of hydrogen-bond donors (Lipinski definition) is 1. The van der Waals surface area contributed by atoms with E-state index in [4.69, 9.17) is 16.3 Å². The number of rotatable bonds is 3. The van der Waals surface area contributed by atoms with Crippen LogP contribution < -0.4 is 5.32 Å². The molecule has 1 aromatic heterocycles. The van der Waals surface area contributed by atoms with Gasteiger partial charge in [0.25, 0.3) is 0 Å². The summed E-state index contributed by atoms with van der Waals surface area (Å²) in [6.45, 7) is 1.56. The highest BCUT2D eigenvalue weighted by atomic mass is 35.5. The first-order valence-corrected chi connectivity index (χ1v) is 9.48. The van der Waals surface area contributed by atoms with Gasteiger partial charge in [-0.1, -0.05) is 41.9 Å². The fourth-order valence-electron chi connectivity index (χ4n) is 3.85. The molecule has 1 N–H and O–H groups in total. The Hall–Kier alpha value is -2.43. The van der Waals surface area contributed by atoms with Gasteiger partial charge in [-0.3, -0.25) is 9.78 Å². The molecular weight excluding hydrogens is 360 g/mol. The topological polar surface area (TPSA) is 51.2 Å². The molecule has 1 aliphatic heterocycles. The van der Waals surface area contributed by atoms with E-state index in [1.54, 1.807) is 13.1 Å². The van der Waals surface area contributed by atoms with Crippen molar-refractivity contribution in [2.24, 2.45) is 0 Å². The molecule has 4 nitrogen and oxygen atoms in total. The molecule has 0 radical (unpaired) electrons. The van der Waals surface area contributed by atoms with Crippen molar-refractivity contribution in [1.82, 2.24) is 10.3 Å². The van der Waals surface area contributed by atoms with Crippen molar-refractivity contribution in [3.63, 3.8) is 0 Å². The summed E-state index contributed by atoms with van der Waals surface area (Å²) in [6.07, 6.45) is 4.94. The van der Waals surface area contributed by atoms with Gasteiger partial charge >= 0.3 is 0 Å². The normalized spacial score (nSPS) is 22.5. The molecule has 0 bridgehead atoms. The number of nitrogens with zero attached hydrogens (tertiary/aromatic N) is 1. The lowest BCUT2D eigenvalue weighted by Crippen LogP contribution is -2.39. The van der Waals surface area contributed by atoms with E-state index >= 15 is 0 Å². The second-order valence-corrected chi connectivity index (χ2v) is 7.41. The molecule has 1 fully saturated rings. The van der Waals surface area contributed by atoms with E-state index in [1.165, 1.54) is 0 Å². The van der Waals surface area contributed by atoms with Crippen LogP contribution in [0.3, 0.4) is 0 Å². The van der Waals surface area contributed by atoms with Crippen LogP contribution in [0.25, 0.3) is 10.8 Å². The number of hydrogen-bond acceptors (Lipinski definition) is 3. The van der Waals surface area contributed by atoms with Gasteiger partial charge < -0.3 is 10.1 Å². The van der Waals surface area contributed by atoms with Crippen LogP contribution in [0.1, 0.15) is 43.1 Å². The number of nitrogens with one attached hydrogen (secondary N) is 1. The maximum Gasteiger partial charge on any atom is 0.217 e. The summed E-state index contributed by atoms with van der Waals surface area (Å²) in [7, 11) is 0. The van der Waals surface area contributed by atoms with E-state index in [1.807, 2.05) is 42.6 Å². The van der Waals surface area contributed by atoms with E-state index in [9.17, 15) is 4.79 Å². The predicted molar refractivity (Wildman–Crippen MR) is 107 cm³/mol. The smallest absolute Gasteiger partial charge is 0.217 e. The summed E-state index contributed by atoms with van der Waals surface area (Å²) in [4.78, 5) is 15.9. The van der Waals surface area contributed by atoms with Crippen molar-refractivity contribution in [3.05, 3.63) is 77.1 Å². The first-order chi connectivity index (χ1) is 13.1. The summed E-state index contributed by atoms with van der Waals surface area (Å²) in [5, 5.41) is 6.00. The van der Waals surface area contributed by atoms with E-state index in [0.29, 0.717) is 5.02 Å². The number of pyridine rings is 1. The number of carbonyl (C=O) groups excluding carboxylic acids is 1. The minimum atomic E-state index is -0.109. The van der Waals surface area contributed by atoms with Crippen LogP contribution in [0.15, 0.2) is 60.9 Å². The van der Waals surface area contributed by atoms with E-state index in [2.05, 4.69) is 22.4 Å². The highest BCUT2D eigenvalue weighted by Crippen LogP contribution is 2.41. The van der Waals surface area contributed by atoms with Gasteiger partial charge in [-0.05, 0) is 47.6 Å². The Morgan fingerprint density at radius 1 is 1.11 bits per heavy atom. The molecule has 2 aromatic carbocycles. The highest BCUT2D eigenvalue weighted by molar-refractivity contribution is 6.30. The summed E-state index contributed by atoms with van der Waals surface area (Å²) < 4.78 is 6.50. The number of aromatic nitrogens is 1. The van der Waals surface area contributed by atoms with Crippen LogP contribution in [0.4, 0.5) is 0 Å². The second kappa shape index (κ2) is 7.67. The van der Waals surface area contributed by atoms with Gasteiger partial charge in [0.15, 0.2) is 0 Å². The molecule has 1 aliphatic rings. The molecule has 1 amide bonds. The minimum absolute atomic E-state index is 0.0161. The first kappa shape index (κ1) is 18.0. The average molecular weight is 381 g/mol. The van der Waals surface area contributed by atoms with Crippen molar-refractivity contribution >= 4 is 28.3 Å². The second-order valence-electron chi connectivity index (χ2n) is 6.98. The molecule has 0 spiro atoms. The number of amides is 1. The van der Waals surface area contributed by atoms with Gasteiger partial charge in [0.05, 0.1) is 12.2 Å². The molecule has 5 heteroatoms. The van der Waals surface area contributed by atoms with E-state index in [0.717, 1.165) is 34.7 Å². The molecule has 3 atom stereocenters. The number of fused-ring (bicyclic) bond motifs is 1. The monoisotopic (exact) mass is 380 g/mol. The van der Waals surface area contributed by atoms with Crippen LogP contribution in [0, 0.1) is 0 Å². The largest absolute Gasteiger partial charge is 0.365 e. The molecule has 2 heterocycles. The van der Waals surface area contributed by atoms with Gasteiger partial charge in [-0.15, -0.1) is 0 Å². The number of benzene rings is 2.